The number of nitrogens with zero attached hydrogens (tertiary/aromatic N) is 1. The molecule has 4 rings (SSSR count). The number of aliphatic hydroxyl groups is 1. The number of Topliss-reactive ketones (excluding diaryl/α,β-unsaturated/α-hetero) is 3. The third-order valence-corrected chi connectivity index (χ3v) is 15.5. The van der Waals surface area contributed by atoms with Gasteiger partial charge in [0.15, 0.2) is 5.78 Å². The largest absolute Gasteiger partial charge is 0.460 e. The van der Waals surface area contributed by atoms with Crippen LogP contribution in [0.4, 0.5) is 0 Å². The Balaban J connectivity index is 1.69. The lowest BCUT2D eigenvalue weighted by Crippen LogP contribution is -2.59. The van der Waals surface area contributed by atoms with Crippen LogP contribution in [0.3, 0.4) is 0 Å². The van der Waals surface area contributed by atoms with Gasteiger partial charge in [-0.15, -0.1) is 0 Å². The van der Waals surface area contributed by atoms with Gasteiger partial charge in [0.2, 0.25) is 0 Å². The summed E-state index contributed by atoms with van der Waals surface area (Å²) in [5.41, 5.74) is 0.130. The highest BCUT2D eigenvalue weighted by Crippen LogP contribution is 2.39. The van der Waals surface area contributed by atoms with E-state index >= 15 is 0 Å². The summed E-state index contributed by atoms with van der Waals surface area (Å²) >= 11 is 0. The molecule has 15 atom stereocenters. The first-order valence-electron chi connectivity index (χ1n) is 25.5. The second-order valence-electron chi connectivity index (χ2n) is 21.3. The number of cyclic esters (lactones) is 1. The van der Waals surface area contributed by atoms with Gasteiger partial charge in [0.1, 0.15) is 29.6 Å². The molecule has 1 aliphatic carbocycles. The molecule has 0 spiro atoms. The molecule has 0 aromatic heterocycles. The number of allylic oxidation sites excluding steroid dienone is 6. The van der Waals surface area contributed by atoms with Crippen molar-refractivity contribution < 1.29 is 52.8 Å². The fourth-order valence-electron chi connectivity index (χ4n) is 10.8. The van der Waals surface area contributed by atoms with Crippen molar-refractivity contribution in [3.8, 4) is 0 Å². The minimum atomic E-state index is -1.46. The van der Waals surface area contributed by atoms with Gasteiger partial charge in [-0.3, -0.25) is 19.2 Å². The minimum absolute atomic E-state index is 0.00370. The molecule has 12 heteroatoms. The fourth-order valence-corrected chi connectivity index (χ4v) is 10.8. The van der Waals surface area contributed by atoms with E-state index in [1.807, 2.05) is 92.7 Å². The van der Waals surface area contributed by atoms with Crippen LogP contribution in [0.25, 0.3) is 0 Å². The molecule has 12 nitrogen and oxygen atoms in total. The number of hydrogen-bond acceptors (Lipinski definition) is 11. The molecule has 1 saturated carbocycles. The number of ether oxygens (including phenoxy) is 5. The summed E-state index contributed by atoms with van der Waals surface area (Å²) in [7, 11) is 3.26. The van der Waals surface area contributed by atoms with E-state index in [-0.39, 0.29) is 84.8 Å². The maximum atomic E-state index is 14.5. The van der Waals surface area contributed by atoms with Crippen molar-refractivity contribution in [2.24, 2.45) is 41.4 Å². The van der Waals surface area contributed by atoms with E-state index in [1.54, 1.807) is 21.1 Å². The van der Waals surface area contributed by atoms with Crippen LogP contribution < -0.4 is 0 Å². The molecule has 3 aliphatic heterocycles. The molecule has 1 amide bonds. The average molecular weight is 938 g/mol. The summed E-state index contributed by atoms with van der Waals surface area (Å²) < 4.78 is 30.9. The quantitative estimate of drug-likeness (QED) is 0.148. The molecule has 67 heavy (non-hydrogen) atoms. The zero-order valence-corrected chi connectivity index (χ0v) is 43.3. The van der Waals surface area contributed by atoms with E-state index in [2.05, 4.69) is 13.0 Å². The van der Waals surface area contributed by atoms with Crippen LogP contribution in [0.5, 0.6) is 0 Å². The van der Waals surface area contributed by atoms with Crippen molar-refractivity contribution in [1.82, 2.24) is 4.90 Å². The van der Waals surface area contributed by atoms with Gasteiger partial charge in [-0.2, -0.15) is 0 Å². The van der Waals surface area contributed by atoms with Gasteiger partial charge in [-0.25, -0.2) is 4.79 Å². The second-order valence-corrected chi connectivity index (χ2v) is 21.3. The van der Waals surface area contributed by atoms with E-state index in [0.717, 1.165) is 30.4 Å². The lowest BCUT2D eigenvalue weighted by molar-refractivity contribution is -0.184. The smallest absolute Gasteiger partial charge is 0.329 e. The van der Waals surface area contributed by atoms with Gasteiger partial charge in [-0.05, 0) is 128 Å². The molecular formula is C55H87NO11. The molecular weight excluding hydrogens is 851 g/mol. The lowest BCUT2D eigenvalue weighted by Gasteiger charge is -2.44. The molecule has 0 unspecified atom stereocenters. The Morgan fingerprint density at radius 2 is 1.55 bits per heavy atom. The number of amides is 1. The number of carbonyl (C=O) groups excluding carboxylic acids is 5. The number of ketones is 3. The normalized spacial score (nSPS) is 39.7. The summed E-state index contributed by atoms with van der Waals surface area (Å²) in [6.45, 7) is 21.4. The molecule has 4 aliphatic rings. The van der Waals surface area contributed by atoms with Crippen LogP contribution in [0.1, 0.15) is 153 Å². The van der Waals surface area contributed by atoms with Gasteiger partial charge < -0.3 is 33.7 Å². The third kappa shape index (κ3) is 15.3. The Labute approximate surface area is 403 Å². The number of methoxy groups -OCH3 is 2. The summed E-state index contributed by atoms with van der Waals surface area (Å²) in [4.78, 5) is 72.9. The van der Waals surface area contributed by atoms with Crippen molar-refractivity contribution in [2.45, 2.75) is 208 Å². The summed E-state index contributed by atoms with van der Waals surface area (Å²) in [5.74, 6) is -3.49. The van der Waals surface area contributed by atoms with Crippen LogP contribution in [0.15, 0.2) is 47.6 Å². The van der Waals surface area contributed by atoms with Crippen LogP contribution >= 0.6 is 0 Å². The van der Waals surface area contributed by atoms with Crippen molar-refractivity contribution in [1.29, 1.82) is 0 Å². The molecule has 3 fully saturated rings. The van der Waals surface area contributed by atoms with E-state index < -0.39 is 59.6 Å². The Bertz CT molecular complexity index is 1800. The van der Waals surface area contributed by atoms with Crippen LogP contribution in [-0.4, -0.2) is 114 Å². The predicted octanol–water partition coefficient (Wildman–Crippen LogP) is 9.30. The van der Waals surface area contributed by atoms with Gasteiger partial charge >= 0.3 is 5.97 Å². The molecule has 378 valence electrons. The maximum Gasteiger partial charge on any atom is 0.329 e. The van der Waals surface area contributed by atoms with Crippen molar-refractivity contribution in [3.05, 3.63) is 47.6 Å². The molecule has 0 aromatic carbocycles. The first-order valence-corrected chi connectivity index (χ1v) is 25.5. The lowest BCUT2D eigenvalue weighted by atomic mass is 9.78. The Hall–Kier alpha value is -3.29. The highest BCUT2D eigenvalue weighted by Gasteiger charge is 2.51. The molecule has 2 saturated heterocycles. The highest BCUT2D eigenvalue weighted by molar-refractivity contribution is 6.39. The molecule has 1 N–H and O–H groups in total. The number of rotatable bonds is 7. The van der Waals surface area contributed by atoms with Crippen LogP contribution in [0, 0.1) is 41.4 Å². The Morgan fingerprint density at radius 1 is 0.836 bits per heavy atom. The summed E-state index contributed by atoms with van der Waals surface area (Å²) in [6.07, 6.45) is 15.6. The number of aliphatic hydroxyl groups excluding tert-OH is 1. The summed E-state index contributed by atoms with van der Waals surface area (Å²) in [5, 5.41) is 11.2. The van der Waals surface area contributed by atoms with E-state index in [9.17, 15) is 29.1 Å². The monoisotopic (exact) mass is 938 g/mol. The van der Waals surface area contributed by atoms with Crippen LogP contribution in [0.2, 0.25) is 0 Å². The number of carbonyl (C=O) groups is 5. The van der Waals surface area contributed by atoms with Gasteiger partial charge in [0.05, 0.1) is 30.5 Å². The van der Waals surface area contributed by atoms with Crippen molar-refractivity contribution >= 4 is 29.2 Å². The predicted molar refractivity (Wildman–Crippen MR) is 261 cm³/mol. The molecule has 0 aromatic rings. The Morgan fingerprint density at radius 3 is 2.22 bits per heavy atom. The number of piperidine rings is 1. The standard InChI is InChI=1S/C55H87NO11/c1-33(2)65-47-25-23-42(30-49(47)63-12)29-38(7)48-32-46(58)37(6)28-36(5)41(10)51(64-13)50(59)39(8)27-34(3)19-15-14-16-20-35(4)45(57)31-43-24-22-40(9)55(11,67-43)52(60)53(61)56-26-18-17-21-44(56)54(62)66-48/h14-16,19-20,28,33-34,37-45,47-49,51,57H,17-18,21-27,29-32H2,1-13H3/b16-14+,19-15+,35-20+,36-28+/t34-,37-,38-,39-,40-,41-,42+,43+,44+,45+,47-,48+,49-,51-,55-/m1/s1. The van der Waals surface area contributed by atoms with Gasteiger partial charge in [0, 0.05) is 51.4 Å². The van der Waals surface area contributed by atoms with Gasteiger partial charge in [-0.1, -0.05) is 83.6 Å². The topological polar surface area (TPSA) is 155 Å². The third-order valence-electron chi connectivity index (χ3n) is 15.5. The molecule has 0 radical (unpaired) electrons. The molecule has 3 heterocycles. The van der Waals surface area contributed by atoms with E-state index in [4.69, 9.17) is 23.7 Å². The Kier molecular flexibility index (Phi) is 21.9. The zero-order chi connectivity index (χ0) is 49.7. The maximum absolute atomic E-state index is 14.5. The van der Waals surface area contributed by atoms with Crippen molar-refractivity contribution in [2.75, 3.05) is 20.8 Å². The zero-order valence-electron chi connectivity index (χ0n) is 43.3. The first kappa shape index (κ1) is 56.3. The van der Waals surface area contributed by atoms with Crippen molar-refractivity contribution in [3.63, 3.8) is 0 Å². The van der Waals surface area contributed by atoms with Crippen LogP contribution in [-0.2, 0) is 47.7 Å². The first-order chi connectivity index (χ1) is 31.6. The highest BCUT2D eigenvalue weighted by atomic mass is 16.6. The minimum Gasteiger partial charge on any atom is -0.460 e. The van der Waals surface area contributed by atoms with E-state index in [0.29, 0.717) is 44.9 Å². The summed E-state index contributed by atoms with van der Waals surface area (Å²) in [6, 6.07) is -1.00. The SMILES string of the molecule is CO[C@@H]1C[C@H](C[C@@H](C)[C@@H]2CC(=O)[C@H](C)/C=C(\C)[C@@H](C)[C@@H](OC)C(=O)[C@H](C)C[C@H](C)/C=C/C=C/C=C(\C)[C@@H](O)C[C@@H]3CC[C@@H](C)[C@@](C)(O3)C(=O)C(=O)N3CCCC[C@H]3C(=O)O2)CC[C@H]1OC(C)C. The number of esters is 1. The second kappa shape index (κ2) is 26.1. The number of fused-ring (bicyclic) bond motifs is 3. The van der Waals surface area contributed by atoms with Gasteiger partial charge in [0.25, 0.3) is 11.7 Å². The fraction of sp³-hybridized carbons (Fsp3) is 0.764. The molecule has 2 bridgehead atoms. The van der Waals surface area contributed by atoms with E-state index in [1.165, 1.54) is 4.90 Å². The average Bonchev–Trinajstić information content (AvgIpc) is 3.29. The number of hydrogen-bond donors (Lipinski definition) is 1.